The fourth-order valence-electron chi connectivity index (χ4n) is 2.43. The van der Waals surface area contributed by atoms with Gasteiger partial charge in [-0.1, -0.05) is 0 Å². The summed E-state index contributed by atoms with van der Waals surface area (Å²) in [4.78, 5) is 4.14. The molecule has 0 saturated carbocycles. The Morgan fingerprint density at radius 3 is 1.65 bits per heavy atom. The molecule has 0 unspecified atom stereocenters. The third kappa shape index (κ3) is 2.21. The standard InChI is InChI=1S/C12H16F2N2.HI/c1-4-15-8(3)16(5-2)12-7-10(14)9(13)6-11(12)15;/h6-8H,4-5H2,1-3H3;1H. The molecular formula is C12H17F2IN2. The van der Waals surface area contributed by atoms with Crippen LogP contribution < -0.4 is 9.80 Å². The number of rotatable bonds is 2. The average molecular weight is 354 g/mol. The van der Waals surface area contributed by atoms with E-state index in [1.807, 2.05) is 20.8 Å². The van der Waals surface area contributed by atoms with Gasteiger partial charge in [-0.05, 0) is 20.8 Å². The Morgan fingerprint density at radius 1 is 1.00 bits per heavy atom. The molecule has 0 aliphatic carbocycles. The van der Waals surface area contributed by atoms with Crippen molar-refractivity contribution in [3.8, 4) is 0 Å². The molecule has 96 valence electrons. The highest BCUT2D eigenvalue weighted by Crippen LogP contribution is 2.40. The van der Waals surface area contributed by atoms with Crippen molar-refractivity contribution >= 4 is 35.4 Å². The largest absolute Gasteiger partial charge is 0.350 e. The number of hydrogen-bond donors (Lipinski definition) is 0. The second kappa shape index (κ2) is 5.37. The molecule has 2 nitrogen and oxygen atoms in total. The SMILES string of the molecule is CCN1c2cc(F)c(F)cc2N(CC)C1C.I. The molecule has 0 saturated heterocycles. The lowest BCUT2D eigenvalue weighted by atomic mass is 10.2. The second-order valence-corrected chi connectivity index (χ2v) is 3.96. The van der Waals surface area contributed by atoms with Crippen molar-refractivity contribution in [1.29, 1.82) is 0 Å². The van der Waals surface area contributed by atoms with Crippen molar-refractivity contribution in [1.82, 2.24) is 0 Å². The molecule has 1 aromatic rings. The van der Waals surface area contributed by atoms with E-state index in [2.05, 4.69) is 9.80 Å². The second-order valence-electron chi connectivity index (χ2n) is 3.96. The summed E-state index contributed by atoms with van der Waals surface area (Å²) >= 11 is 0. The van der Waals surface area contributed by atoms with Crippen LogP contribution in [0.15, 0.2) is 12.1 Å². The van der Waals surface area contributed by atoms with Gasteiger partial charge in [0, 0.05) is 25.2 Å². The van der Waals surface area contributed by atoms with Gasteiger partial charge in [0.15, 0.2) is 11.6 Å². The molecule has 17 heavy (non-hydrogen) atoms. The van der Waals surface area contributed by atoms with E-state index >= 15 is 0 Å². The van der Waals surface area contributed by atoms with Crippen molar-refractivity contribution in [3.63, 3.8) is 0 Å². The predicted octanol–water partition coefficient (Wildman–Crippen LogP) is 3.60. The summed E-state index contributed by atoms with van der Waals surface area (Å²) in [5.41, 5.74) is 1.58. The van der Waals surface area contributed by atoms with E-state index in [9.17, 15) is 8.78 Å². The van der Waals surface area contributed by atoms with E-state index in [-0.39, 0.29) is 30.1 Å². The Labute approximate surface area is 118 Å². The molecule has 0 fully saturated rings. The molecule has 0 N–H and O–H groups in total. The zero-order valence-corrected chi connectivity index (χ0v) is 12.5. The molecule has 1 aliphatic heterocycles. The molecule has 0 aromatic heterocycles. The summed E-state index contributed by atoms with van der Waals surface area (Å²) in [5.74, 6) is -1.55. The fourth-order valence-corrected chi connectivity index (χ4v) is 2.43. The summed E-state index contributed by atoms with van der Waals surface area (Å²) in [6, 6.07) is 2.58. The van der Waals surface area contributed by atoms with Crippen LogP contribution in [0, 0.1) is 11.6 Å². The molecule has 0 bridgehead atoms. The fraction of sp³-hybridized carbons (Fsp3) is 0.500. The van der Waals surface area contributed by atoms with E-state index in [0.29, 0.717) is 0 Å². The van der Waals surface area contributed by atoms with Gasteiger partial charge in [-0.15, -0.1) is 24.0 Å². The Balaban J connectivity index is 0.00000144. The zero-order chi connectivity index (χ0) is 11.9. The quantitative estimate of drug-likeness (QED) is 0.749. The molecule has 5 heteroatoms. The van der Waals surface area contributed by atoms with Gasteiger partial charge >= 0.3 is 0 Å². The number of hydrogen-bond acceptors (Lipinski definition) is 2. The number of fused-ring (bicyclic) bond motifs is 1. The topological polar surface area (TPSA) is 6.48 Å². The lowest BCUT2D eigenvalue weighted by Crippen LogP contribution is -2.40. The third-order valence-electron chi connectivity index (χ3n) is 3.22. The van der Waals surface area contributed by atoms with Gasteiger partial charge in [-0.2, -0.15) is 0 Å². The third-order valence-corrected chi connectivity index (χ3v) is 3.22. The molecule has 0 spiro atoms. The molecular weight excluding hydrogens is 337 g/mol. The number of benzene rings is 1. The van der Waals surface area contributed by atoms with Gasteiger partial charge in [-0.3, -0.25) is 0 Å². The van der Waals surface area contributed by atoms with Gasteiger partial charge in [-0.25, -0.2) is 8.78 Å². The molecule has 2 rings (SSSR count). The highest BCUT2D eigenvalue weighted by Gasteiger charge is 2.32. The van der Waals surface area contributed by atoms with Crippen LogP contribution in [0.3, 0.4) is 0 Å². The molecule has 1 aliphatic rings. The monoisotopic (exact) mass is 354 g/mol. The summed E-state index contributed by atoms with van der Waals surface area (Å²) < 4.78 is 26.4. The highest BCUT2D eigenvalue weighted by molar-refractivity contribution is 14.0. The summed E-state index contributed by atoms with van der Waals surface area (Å²) in [6.45, 7) is 7.65. The lowest BCUT2D eigenvalue weighted by Gasteiger charge is -2.28. The van der Waals surface area contributed by atoms with Gasteiger partial charge in [0.2, 0.25) is 0 Å². The summed E-state index contributed by atoms with van der Waals surface area (Å²) in [7, 11) is 0. The minimum absolute atomic E-state index is 0. The first-order chi connectivity index (χ1) is 7.60. The van der Waals surface area contributed by atoms with Crippen molar-refractivity contribution in [2.75, 3.05) is 22.9 Å². The minimum Gasteiger partial charge on any atom is -0.350 e. The zero-order valence-electron chi connectivity index (χ0n) is 10.2. The number of anilines is 2. The van der Waals surface area contributed by atoms with Crippen LogP contribution in [0.5, 0.6) is 0 Å². The van der Waals surface area contributed by atoms with Crippen LogP contribution >= 0.6 is 24.0 Å². The van der Waals surface area contributed by atoms with E-state index in [4.69, 9.17) is 0 Å². The van der Waals surface area contributed by atoms with E-state index in [1.165, 1.54) is 12.1 Å². The Bertz CT molecular complexity index is 375. The van der Waals surface area contributed by atoms with E-state index < -0.39 is 11.6 Å². The van der Waals surface area contributed by atoms with Crippen LogP contribution in [0.4, 0.5) is 20.2 Å². The molecule has 0 radical (unpaired) electrons. The van der Waals surface area contributed by atoms with Gasteiger partial charge in [0.1, 0.15) is 0 Å². The number of halogens is 3. The Morgan fingerprint density at radius 2 is 1.35 bits per heavy atom. The molecule has 0 amide bonds. The summed E-state index contributed by atoms with van der Waals surface area (Å²) in [5, 5.41) is 0. The van der Waals surface area contributed by atoms with Crippen molar-refractivity contribution in [2.24, 2.45) is 0 Å². The predicted molar refractivity (Wildman–Crippen MR) is 77.3 cm³/mol. The van der Waals surface area contributed by atoms with Crippen molar-refractivity contribution in [3.05, 3.63) is 23.8 Å². The summed E-state index contributed by atoms with van der Waals surface area (Å²) in [6.07, 6.45) is 0.159. The maximum Gasteiger partial charge on any atom is 0.161 e. The highest BCUT2D eigenvalue weighted by atomic mass is 127. The Kier molecular flexibility index (Phi) is 4.57. The average Bonchev–Trinajstić information content (AvgIpc) is 2.50. The van der Waals surface area contributed by atoms with Crippen molar-refractivity contribution < 1.29 is 8.78 Å². The maximum absolute atomic E-state index is 13.2. The number of nitrogens with zero attached hydrogens (tertiary/aromatic N) is 2. The Hall–Kier alpha value is -0.590. The normalized spacial score (nSPS) is 14.9. The maximum atomic E-state index is 13.2. The minimum atomic E-state index is -0.776. The van der Waals surface area contributed by atoms with Crippen LogP contribution in [0.2, 0.25) is 0 Å². The first-order valence-electron chi connectivity index (χ1n) is 5.62. The van der Waals surface area contributed by atoms with Crippen LogP contribution in [0.25, 0.3) is 0 Å². The molecule has 1 heterocycles. The van der Waals surface area contributed by atoms with Crippen molar-refractivity contribution in [2.45, 2.75) is 26.9 Å². The van der Waals surface area contributed by atoms with E-state index in [0.717, 1.165) is 24.5 Å². The van der Waals surface area contributed by atoms with Gasteiger partial charge < -0.3 is 9.80 Å². The molecule has 0 atom stereocenters. The smallest absolute Gasteiger partial charge is 0.161 e. The van der Waals surface area contributed by atoms with Crippen LogP contribution in [0.1, 0.15) is 20.8 Å². The first-order valence-corrected chi connectivity index (χ1v) is 5.62. The van der Waals surface area contributed by atoms with Gasteiger partial charge in [0.05, 0.1) is 17.5 Å². The van der Waals surface area contributed by atoms with E-state index in [1.54, 1.807) is 0 Å². The molecule has 1 aromatic carbocycles. The van der Waals surface area contributed by atoms with Crippen LogP contribution in [-0.2, 0) is 0 Å². The lowest BCUT2D eigenvalue weighted by molar-refractivity contribution is 0.509. The van der Waals surface area contributed by atoms with Gasteiger partial charge in [0.25, 0.3) is 0 Å². The van der Waals surface area contributed by atoms with Crippen LogP contribution in [-0.4, -0.2) is 19.3 Å². The first kappa shape index (κ1) is 14.5.